The molecular formula is C48H48N4O13. The molecule has 0 bridgehead atoms. The van der Waals surface area contributed by atoms with Crippen LogP contribution in [0.1, 0.15) is 85.9 Å². The van der Waals surface area contributed by atoms with Gasteiger partial charge in [0.05, 0.1) is 41.9 Å². The molecule has 7 rings (SSSR count). The molecule has 17 nitrogen and oxygen atoms in total. The van der Waals surface area contributed by atoms with Crippen LogP contribution in [-0.4, -0.2) is 73.5 Å². The van der Waals surface area contributed by atoms with E-state index in [1.807, 2.05) is 20.8 Å². The second kappa shape index (κ2) is 21.1. The van der Waals surface area contributed by atoms with E-state index in [1.165, 1.54) is 10.6 Å². The number of nitrogens with one attached hydrogen (secondary N) is 2. The minimum atomic E-state index is -1.61. The van der Waals surface area contributed by atoms with E-state index >= 15 is 0 Å². The van der Waals surface area contributed by atoms with Gasteiger partial charge in [0.1, 0.15) is 24.4 Å². The molecule has 2 aliphatic heterocycles. The summed E-state index contributed by atoms with van der Waals surface area (Å²) in [5.41, 5.74) is 4.04. The number of fused-ring (bicyclic) bond motifs is 5. The van der Waals surface area contributed by atoms with Crippen molar-refractivity contribution in [3.05, 3.63) is 129 Å². The average Bonchev–Trinajstić information content (AvgIpc) is 3.67. The number of pyridine rings is 2. The second-order valence-corrected chi connectivity index (χ2v) is 15.1. The Morgan fingerprint density at radius 3 is 1.89 bits per heavy atom. The number of rotatable bonds is 17. The van der Waals surface area contributed by atoms with Gasteiger partial charge in [0.25, 0.3) is 5.56 Å². The summed E-state index contributed by atoms with van der Waals surface area (Å²) in [6.07, 6.45) is -2.54. The first-order valence-electron chi connectivity index (χ1n) is 21.2. The number of aryl methyl sites for hydroxylation is 1. The lowest BCUT2D eigenvalue weighted by Gasteiger charge is -2.25. The Morgan fingerprint density at radius 1 is 0.769 bits per heavy atom. The van der Waals surface area contributed by atoms with Crippen molar-refractivity contribution in [1.82, 2.24) is 20.2 Å². The molecule has 4 N–H and O–H groups in total. The van der Waals surface area contributed by atoms with Crippen molar-refractivity contribution in [1.29, 1.82) is 0 Å². The van der Waals surface area contributed by atoms with E-state index in [9.17, 15) is 48.6 Å². The number of hydrogen-bond donors (Lipinski definition) is 4. The summed E-state index contributed by atoms with van der Waals surface area (Å²) in [6.45, 7) is 5.68. The van der Waals surface area contributed by atoms with Gasteiger partial charge in [-0.2, -0.15) is 0 Å². The molecule has 0 spiro atoms. The van der Waals surface area contributed by atoms with Gasteiger partial charge in [-0.3, -0.25) is 24.0 Å². The Morgan fingerprint density at radius 2 is 1.34 bits per heavy atom. The summed E-state index contributed by atoms with van der Waals surface area (Å²) < 4.78 is 17.8. The van der Waals surface area contributed by atoms with Gasteiger partial charge in [0.2, 0.25) is 17.9 Å². The number of cyclic esters (lactones) is 1. The Hall–Kier alpha value is -7.69. The number of aliphatic carboxylic acids is 2. The lowest BCUT2D eigenvalue weighted by atomic mass is 9.97. The van der Waals surface area contributed by atoms with E-state index in [2.05, 4.69) is 10.6 Å². The van der Waals surface area contributed by atoms with Crippen LogP contribution in [0.3, 0.4) is 0 Å². The summed E-state index contributed by atoms with van der Waals surface area (Å²) in [5, 5.41) is 24.8. The van der Waals surface area contributed by atoms with Gasteiger partial charge in [-0.25, -0.2) is 19.4 Å². The lowest BCUT2D eigenvalue weighted by Crippen LogP contribution is -2.42. The van der Waals surface area contributed by atoms with Gasteiger partial charge in [-0.05, 0) is 47.4 Å². The number of carboxylic acid groups (broad SMARTS) is 2. The normalized spacial score (nSPS) is 14.2. The van der Waals surface area contributed by atoms with Gasteiger partial charge < -0.3 is 39.6 Å². The molecule has 0 saturated heterocycles. The van der Waals surface area contributed by atoms with E-state index < -0.39 is 78.2 Å². The minimum Gasteiger partial charge on any atom is -0.480 e. The molecule has 3 unspecified atom stereocenters. The first-order valence-corrected chi connectivity index (χ1v) is 21.2. The first-order chi connectivity index (χ1) is 31.3. The molecule has 0 radical (unpaired) electrons. The van der Waals surface area contributed by atoms with Crippen LogP contribution in [0, 0.1) is 0 Å². The van der Waals surface area contributed by atoms with Crippen LogP contribution in [0.25, 0.3) is 22.3 Å². The van der Waals surface area contributed by atoms with Gasteiger partial charge >= 0.3 is 29.8 Å². The molecule has 17 heteroatoms. The number of esters is 3. The number of carbonyl (C=O) groups excluding carboxylic acids is 5. The molecule has 338 valence electrons. The van der Waals surface area contributed by atoms with Crippen molar-refractivity contribution in [2.75, 3.05) is 0 Å². The smallest absolute Gasteiger partial charge is 0.352 e. The average molecular weight is 889 g/mol. The SMILES string of the molecule is CC.CCc1c2c(nc3ccc(OC(=O)CCC(=O)NC(Cc4ccccc4)C(=O)O)cc13)-c1cc3c(c(=O)n1C2)COC(=O)C3OC(=O)CCC(=O)NC(Cc1ccccc1)C(=O)O. The summed E-state index contributed by atoms with van der Waals surface area (Å²) in [6, 6.07) is 21.5. The number of ether oxygens (including phenoxy) is 3. The molecule has 0 fully saturated rings. The van der Waals surface area contributed by atoms with Crippen molar-refractivity contribution >= 4 is 52.6 Å². The predicted octanol–water partition coefficient (Wildman–Crippen LogP) is 4.74. The van der Waals surface area contributed by atoms with Gasteiger partial charge in [-0.1, -0.05) is 81.4 Å². The highest BCUT2D eigenvalue weighted by atomic mass is 16.6. The molecule has 2 aromatic heterocycles. The zero-order chi connectivity index (χ0) is 46.8. The van der Waals surface area contributed by atoms with Crippen molar-refractivity contribution in [3.8, 4) is 17.1 Å². The van der Waals surface area contributed by atoms with Crippen LogP contribution < -0.4 is 20.9 Å². The molecule has 65 heavy (non-hydrogen) atoms. The monoisotopic (exact) mass is 888 g/mol. The van der Waals surface area contributed by atoms with Crippen molar-refractivity contribution < 1.29 is 58.0 Å². The van der Waals surface area contributed by atoms with E-state index in [4.69, 9.17) is 19.2 Å². The van der Waals surface area contributed by atoms with E-state index in [0.717, 1.165) is 11.1 Å². The van der Waals surface area contributed by atoms with Gasteiger partial charge in [0, 0.05) is 42.2 Å². The largest absolute Gasteiger partial charge is 0.480 e. The Bertz CT molecular complexity index is 2700. The third kappa shape index (κ3) is 11.1. The van der Waals surface area contributed by atoms with Crippen molar-refractivity contribution in [3.63, 3.8) is 0 Å². The molecule has 5 aromatic rings. The quantitative estimate of drug-likeness (QED) is 0.0714. The van der Waals surface area contributed by atoms with Gasteiger partial charge in [0.15, 0.2) is 0 Å². The third-order valence-electron chi connectivity index (χ3n) is 10.8. The Kier molecular flexibility index (Phi) is 15.2. The third-order valence-corrected chi connectivity index (χ3v) is 10.8. The summed E-state index contributed by atoms with van der Waals surface area (Å²) in [7, 11) is 0. The van der Waals surface area contributed by atoms with Crippen LogP contribution in [0.15, 0.2) is 89.7 Å². The number of carboxylic acids is 2. The maximum atomic E-state index is 14.0. The Labute approximate surface area is 372 Å². The molecule has 3 atom stereocenters. The number of hydrogen-bond acceptors (Lipinski definition) is 12. The summed E-state index contributed by atoms with van der Waals surface area (Å²) >= 11 is 0. The van der Waals surface area contributed by atoms with Crippen LogP contribution >= 0.6 is 0 Å². The number of carbonyl (C=O) groups is 7. The fourth-order valence-corrected chi connectivity index (χ4v) is 7.69. The van der Waals surface area contributed by atoms with E-state index in [1.54, 1.807) is 78.9 Å². The Balaban J connectivity index is 0.00000345. The standard InChI is InChI=1S/C46H42N4O13.C2H6/c1-2-28-29-21-27(62-39(53)17-15-37(51)47-34(44(56)57)19-25-9-5-3-6-10-25)13-14-33(29)49-41-31(28)23-50-36(41)22-30-32(43(50)55)24-61-46(60)42(30)63-40(54)18-16-38(52)48-35(45(58)59)20-26-11-7-4-8-12-26;1-2/h3-14,21-22,34-35,42H,2,15-20,23-24H2,1H3,(H,47,51)(H,48,52)(H,56,57)(H,58,59);1-2H3. The zero-order valence-electron chi connectivity index (χ0n) is 36.0. The van der Waals surface area contributed by atoms with E-state index in [-0.39, 0.29) is 55.7 Å². The molecule has 4 heterocycles. The molecule has 0 saturated carbocycles. The van der Waals surface area contributed by atoms with Crippen molar-refractivity contribution in [2.45, 2.75) is 97.1 Å². The second-order valence-electron chi connectivity index (χ2n) is 15.1. The number of amides is 2. The first kappa shape index (κ1) is 46.8. The fourth-order valence-electron chi connectivity index (χ4n) is 7.69. The van der Waals surface area contributed by atoms with Crippen LogP contribution in [0.2, 0.25) is 0 Å². The molecule has 0 aliphatic carbocycles. The molecular weight excluding hydrogens is 841 g/mol. The van der Waals surface area contributed by atoms with Crippen LogP contribution in [0.4, 0.5) is 0 Å². The maximum absolute atomic E-state index is 14.0. The highest BCUT2D eigenvalue weighted by Gasteiger charge is 2.38. The van der Waals surface area contributed by atoms with E-state index in [0.29, 0.717) is 39.8 Å². The molecule has 2 amide bonds. The number of nitrogens with zero attached hydrogens (tertiary/aromatic N) is 2. The molecule has 2 aliphatic rings. The summed E-state index contributed by atoms with van der Waals surface area (Å²) in [5.74, 6) is -6.16. The van der Waals surface area contributed by atoms with Crippen molar-refractivity contribution in [2.24, 2.45) is 0 Å². The lowest BCUT2D eigenvalue weighted by molar-refractivity contribution is -0.171. The van der Waals surface area contributed by atoms with Gasteiger partial charge in [-0.15, -0.1) is 0 Å². The minimum absolute atomic E-state index is 0.0279. The highest BCUT2D eigenvalue weighted by molar-refractivity contribution is 5.91. The van der Waals surface area contributed by atoms with Crippen LogP contribution in [-0.2, 0) is 75.4 Å². The zero-order valence-corrected chi connectivity index (χ0v) is 36.0. The highest BCUT2D eigenvalue weighted by Crippen LogP contribution is 2.39. The predicted molar refractivity (Wildman–Crippen MR) is 233 cm³/mol. The molecule has 3 aromatic carbocycles. The fraction of sp³-hybridized carbons (Fsp3) is 0.312. The number of aromatic nitrogens is 2. The number of benzene rings is 3. The van der Waals surface area contributed by atoms with Crippen LogP contribution in [0.5, 0.6) is 5.75 Å². The topological polar surface area (TPSA) is 247 Å². The summed E-state index contributed by atoms with van der Waals surface area (Å²) in [4.78, 5) is 107. The maximum Gasteiger partial charge on any atom is 0.352 e.